The molecule has 1 heterocycles. The van der Waals surface area contributed by atoms with Crippen LogP contribution in [-0.4, -0.2) is 47.7 Å². The molecule has 0 spiro atoms. The van der Waals surface area contributed by atoms with E-state index >= 15 is 0 Å². The molecule has 7 heteroatoms. The number of benzene rings is 1. The van der Waals surface area contributed by atoms with Crippen LogP contribution in [0.1, 0.15) is 10.4 Å². The summed E-state index contributed by atoms with van der Waals surface area (Å²) in [6.45, 7) is 0.182. The van der Waals surface area contributed by atoms with E-state index in [1.54, 1.807) is 0 Å². The van der Waals surface area contributed by atoms with Gasteiger partial charge in [-0.25, -0.2) is 13.6 Å². The first kappa shape index (κ1) is 13.4. The van der Waals surface area contributed by atoms with Gasteiger partial charge in [-0.2, -0.15) is 0 Å². The second kappa shape index (κ2) is 5.31. The second-order valence-corrected chi connectivity index (χ2v) is 4.08. The van der Waals surface area contributed by atoms with Crippen LogP contribution >= 0.6 is 0 Å². The molecule has 1 amide bonds. The van der Waals surface area contributed by atoms with E-state index in [1.165, 1.54) is 4.90 Å². The SMILES string of the molecule is O=C(O)C1CN(C(=O)c2ccc(F)c(F)c2)CCO1. The van der Waals surface area contributed by atoms with Crippen LogP contribution in [0.15, 0.2) is 18.2 Å². The van der Waals surface area contributed by atoms with Crippen LogP contribution in [0.2, 0.25) is 0 Å². The van der Waals surface area contributed by atoms with E-state index in [-0.39, 0.29) is 25.3 Å². The number of ether oxygens (including phenoxy) is 1. The Morgan fingerprint density at radius 2 is 2.05 bits per heavy atom. The van der Waals surface area contributed by atoms with Crippen LogP contribution in [0, 0.1) is 11.6 Å². The molecule has 1 fully saturated rings. The van der Waals surface area contributed by atoms with Crippen molar-refractivity contribution in [1.29, 1.82) is 0 Å². The third-order valence-corrected chi connectivity index (χ3v) is 2.80. The van der Waals surface area contributed by atoms with Crippen molar-refractivity contribution in [1.82, 2.24) is 4.90 Å². The van der Waals surface area contributed by atoms with Gasteiger partial charge in [0.05, 0.1) is 13.2 Å². The summed E-state index contributed by atoms with van der Waals surface area (Å²) in [5.74, 6) is -3.87. The second-order valence-electron chi connectivity index (χ2n) is 4.08. The van der Waals surface area contributed by atoms with Gasteiger partial charge in [0.15, 0.2) is 17.7 Å². The van der Waals surface area contributed by atoms with Gasteiger partial charge in [0.2, 0.25) is 0 Å². The van der Waals surface area contributed by atoms with Crippen molar-refractivity contribution < 1.29 is 28.2 Å². The zero-order valence-corrected chi connectivity index (χ0v) is 9.81. The summed E-state index contributed by atoms with van der Waals surface area (Å²) in [5, 5.41) is 8.82. The smallest absolute Gasteiger partial charge is 0.334 e. The molecule has 1 N–H and O–H groups in total. The van der Waals surface area contributed by atoms with Crippen LogP contribution in [0.25, 0.3) is 0 Å². The zero-order valence-electron chi connectivity index (χ0n) is 9.81. The number of morpholine rings is 1. The molecule has 0 radical (unpaired) electrons. The van der Waals surface area contributed by atoms with Crippen molar-refractivity contribution in [3.05, 3.63) is 35.4 Å². The first-order valence-electron chi connectivity index (χ1n) is 5.58. The maximum absolute atomic E-state index is 13.0. The van der Waals surface area contributed by atoms with Crippen molar-refractivity contribution in [3.63, 3.8) is 0 Å². The molecular weight excluding hydrogens is 260 g/mol. The maximum atomic E-state index is 13.0. The maximum Gasteiger partial charge on any atom is 0.334 e. The minimum Gasteiger partial charge on any atom is -0.479 e. The first-order chi connectivity index (χ1) is 8.99. The van der Waals surface area contributed by atoms with Gasteiger partial charge in [-0.1, -0.05) is 0 Å². The molecule has 2 rings (SSSR count). The number of aliphatic carboxylic acids is 1. The topological polar surface area (TPSA) is 66.8 Å². The molecule has 1 aliphatic heterocycles. The summed E-state index contributed by atoms with van der Waals surface area (Å²) in [4.78, 5) is 24.0. The van der Waals surface area contributed by atoms with E-state index in [2.05, 4.69) is 0 Å². The molecule has 1 aliphatic rings. The Bertz CT molecular complexity index is 520. The average Bonchev–Trinajstić information content (AvgIpc) is 2.41. The molecule has 1 aromatic rings. The van der Waals surface area contributed by atoms with Gasteiger partial charge < -0.3 is 14.7 Å². The Kier molecular flexibility index (Phi) is 3.75. The normalized spacial score (nSPS) is 19.3. The van der Waals surface area contributed by atoms with E-state index in [9.17, 15) is 18.4 Å². The lowest BCUT2D eigenvalue weighted by molar-refractivity contribution is -0.154. The highest BCUT2D eigenvalue weighted by atomic mass is 19.2. The fraction of sp³-hybridized carbons (Fsp3) is 0.333. The van der Waals surface area contributed by atoms with Crippen molar-refractivity contribution in [3.8, 4) is 0 Å². The lowest BCUT2D eigenvalue weighted by atomic mass is 10.1. The molecule has 0 aromatic heterocycles. The van der Waals surface area contributed by atoms with E-state index < -0.39 is 29.6 Å². The van der Waals surface area contributed by atoms with Crippen LogP contribution in [0.5, 0.6) is 0 Å². The van der Waals surface area contributed by atoms with E-state index in [1.807, 2.05) is 0 Å². The molecule has 19 heavy (non-hydrogen) atoms. The van der Waals surface area contributed by atoms with Crippen molar-refractivity contribution in [2.45, 2.75) is 6.10 Å². The molecule has 1 aromatic carbocycles. The number of hydrogen-bond acceptors (Lipinski definition) is 3. The number of halogens is 2. The average molecular weight is 271 g/mol. The lowest BCUT2D eigenvalue weighted by Crippen LogP contribution is -2.48. The number of amides is 1. The van der Waals surface area contributed by atoms with E-state index in [0.29, 0.717) is 0 Å². The highest BCUT2D eigenvalue weighted by Crippen LogP contribution is 2.14. The van der Waals surface area contributed by atoms with Gasteiger partial charge in [0.25, 0.3) is 5.91 Å². The largest absolute Gasteiger partial charge is 0.479 e. The predicted octanol–water partition coefficient (Wildman–Crippen LogP) is 0.890. The summed E-state index contributed by atoms with van der Waals surface area (Å²) < 4.78 is 30.8. The summed E-state index contributed by atoms with van der Waals surface area (Å²) in [6, 6.07) is 2.81. The number of carbonyl (C=O) groups is 2. The Morgan fingerprint density at radius 1 is 1.32 bits per heavy atom. The Balaban J connectivity index is 2.14. The predicted molar refractivity (Wildman–Crippen MR) is 59.6 cm³/mol. The van der Waals surface area contributed by atoms with Crippen LogP contribution in [0.3, 0.4) is 0 Å². The standard InChI is InChI=1S/C12H11F2NO4/c13-8-2-1-7(5-9(8)14)11(16)15-3-4-19-10(6-15)12(17)18/h1-2,5,10H,3-4,6H2,(H,17,18). The third kappa shape index (κ3) is 2.87. The number of rotatable bonds is 2. The number of carboxylic acid groups (broad SMARTS) is 1. The van der Waals surface area contributed by atoms with Gasteiger partial charge in [0, 0.05) is 12.1 Å². The van der Waals surface area contributed by atoms with Gasteiger partial charge in [0.1, 0.15) is 0 Å². The fourth-order valence-corrected chi connectivity index (χ4v) is 1.79. The van der Waals surface area contributed by atoms with Crippen molar-refractivity contribution >= 4 is 11.9 Å². The van der Waals surface area contributed by atoms with Gasteiger partial charge in [-0.3, -0.25) is 4.79 Å². The Morgan fingerprint density at radius 3 is 2.68 bits per heavy atom. The van der Waals surface area contributed by atoms with Crippen LogP contribution in [0.4, 0.5) is 8.78 Å². The van der Waals surface area contributed by atoms with Gasteiger partial charge in [-0.15, -0.1) is 0 Å². The Labute approximate surface area is 107 Å². The molecule has 102 valence electrons. The lowest BCUT2D eigenvalue weighted by Gasteiger charge is -2.30. The monoisotopic (exact) mass is 271 g/mol. The summed E-state index contributed by atoms with van der Waals surface area (Å²) in [7, 11) is 0. The first-order valence-corrected chi connectivity index (χ1v) is 5.58. The van der Waals surface area contributed by atoms with Gasteiger partial charge >= 0.3 is 5.97 Å². The zero-order chi connectivity index (χ0) is 14.0. The molecule has 1 unspecified atom stereocenters. The van der Waals surface area contributed by atoms with Crippen LogP contribution < -0.4 is 0 Å². The summed E-state index contributed by atoms with van der Waals surface area (Å²) in [6.07, 6.45) is -1.09. The quantitative estimate of drug-likeness (QED) is 0.867. The molecule has 5 nitrogen and oxygen atoms in total. The number of hydrogen-bond donors (Lipinski definition) is 1. The molecule has 1 saturated heterocycles. The van der Waals surface area contributed by atoms with Crippen LogP contribution in [-0.2, 0) is 9.53 Å². The fourth-order valence-electron chi connectivity index (χ4n) is 1.79. The number of carbonyl (C=O) groups excluding carboxylic acids is 1. The molecular formula is C12H11F2NO4. The van der Waals surface area contributed by atoms with Crippen molar-refractivity contribution in [2.24, 2.45) is 0 Å². The minimum absolute atomic E-state index is 0.0232. The highest BCUT2D eigenvalue weighted by Gasteiger charge is 2.29. The molecule has 1 atom stereocenters. The number of nitrogens with zero attached hydrogens (tertiary/aromatic N) is 1. The van der Waals surface area contributed by atoms with E-state index in [0.717, 1.165) is 18.2 Å². The van der Waals surface area contributed by atoms with Gasteiger partial charge in [-0.05, 0) is 18.2 Å². The minimum atomic E-state index is -1.16. The number of carboxylic acids is 1. The third-order valence-electron chi connectivity index (χ3n) is 2.80. The molecule has 0 aliphatic carbocycles. The summed E-state index contributed by atoms with van der Waals surface area (Å²) in [5.41, 5.74) is -0.0232. The Hall–Kier alpha value is -2.02. The molecule has 0 bridgehead atoms. The van der Waals surface area contributed by atoms with Crippen molar-refractivity contribution in [2.75, 3.05) is 19.7 Å². The summed E-state index contributed by atoms with van der Waals surface area (Å²) >= 11 is 0. The molecule has 0 saturated carbocycles. The highest BCUT2D eigenvalue weighted by molar-refractivity contribution is 5.94. The van der Waals surface area contributed by atoms with E-state index in [4.69, 9.17) is 9.84 Å².